The number of carbonyl (C=O) groups is 1. The number of aliphatic hydroxyl groups is 10. The van der Waals surface area contributed by atoms with Gasteiger partial charge in [-0.15, -0.1) is 0 Å². The monoisotopic (exact) mass is 874 g/mol. The molecule has 348 valence electrons. The Bertz CT molecular complexity index is 1600. The van der Waals surface area contributed by atoms with Crippen LogP contribution in [0.3, 0.4) is 0 Å². The number of fused-ring (bicyclic) bond motifs is 5. The number of carbonyl (C=O) groups excluding carboxylic acids is 1. The van der Waals surface area contributed by atoms with Crippen molar-refractivity contribution >= 4 is 5.97 Å². The van der Waals surface area contributed by atoms with Crippen LogP contribution in [0.4, 0.5) is 0 Å². The lowest BCUT2D eigenvalue weighted by Crippen LogP contribution is -2.66. The van der Waals surface area contributed by atoms with Gasteiger partial charge in [-0.3, -0.25) is 0 Å². The molecule has 0 spiro atoms. The molecule has 4 aliphatic heterocycles. The van der Waals surface area contributed by atoms with Gasteiger partial charge in [0.05, 0.1) is 37.1 Å². The van der Waals surface area contributed by atoms with E-state index in [1.54, 1.807) is 6.92 Å². The van der Waals surface area contributed by atoms with E-state index < -0.39 is 128 Å². The summed E-state index contributed by atoms with van der Waals surface area (Å²) in [7, 11) is 1.38. The Balaban J connectivity index is 0.884. The molecule has 19 heteroatoms. The van der Waals surface area contributed by atoms with Crippen LogP contribution >= 0.6 is 0 Å². The molecule has 0 bridgehead atoms. The average molecular weight is 875 g/mol. The highest BCUT2D eigenvalue weighted by Gasteiger charge is 2.70. The van der Waals surface area contributed by atoms with Crippen LogP contribution in [0.25, 0.3) is 0 Å². The van der Waals surface area contributed by atoms with E-state index in [1.165, 1.54) is 13.2 Å². The van der Waals surface area contributed by atoms with Crippen LogP contribution in [0.5, 0.6) is 0 Å². The van der Waals surface area contributed by atoms with Crippen molar-refractivity contribution in [2.75, 3.05) is 26.9 Å². The normalized spacial score (nSPS) is 55.0. The van der Waals surface area contributed by atoms with Crippen molar-refractivity contribution in [2.45, 2.75) is 182 Å². The number of hydrogen-bond acceptors (Lipinski definition) is 19. The molecule has 7 fully saturated rings. The molecule has 61 heavy (non-hydrogen) atoms. The van der Waals surface area contributed by atoms with Gasteiger partial charge in [0, 0.05) is 30.9 Å². The van der Waals surface area contributed by atoms with Crippen molar-refractivity contribution in [2.24, 2.45) is 34.5 Å². The molecule has 24 atom stereocenters. The standard InChI is InChI=1S/C42H66O19/c1-17-34(60-38-32(51)30(49)35(25(15-44)59-38)61-37-31(50)29(48)28(47)24(14-43)58-37)36(54-4)33(52)39(56-17)57-20-7-9-40(2)19(12-20)5-6-22-21(40)8-10-41(3)27(18-11-26(46)55-16-18)23(45)13-42(22,41)53/h11,17,19-25,27-39,43-45,47-53H,5-10,12-16H2,1-4H3. The molecule has 8 aliphatic rings. The summed E-state index contributed by atoms with van der Waals surface area (Å²) in [6.45, 7) is 4.76. The second-order valence-electron chi connectivity index (χ2n) is 19.5. The third kappa shape index (κ3) is 7.63. The molecule has 4 saturated carbocycles. The molecule has 4 aliphatic carbocycles. The highest BCUT2D eigenvalue weighted by molar-refractivity contribution is 5.85. The van der Waals surface area contributed by atoms with Gasteiger partial charge in [-0.2, -0.15) is 0 Å². The topological polar surface area (TPSA) is 293 Å². The summed E-state index contributed by atoms with van der Waals surface area (Å²) in [4.78, 5) is 12.0. The Morgan fingerprint density at radius 1 is 0.721 bits per heavy atom. The first kappa shape index (κ1) is 46.1. The van der Waals surface area contributed by atoms with Crippen LogP contribution in [0, 0.1) is 34.5 Å². The number of hydrogen-bond donors (Lipinski definition) is 10. The van der Waals surface area contributed by atoms with Crippen molar-refractivity contribution in [3.05, 3.63) is 11.6 Å². The van der Waals surface area contributed by atoms with Crippen LogP contribution < -0.4 is 0 Å². The van der Waals surface area contributed by atoms with Crippen molar-refractivity contribution in [1.29, 1.82) is 0 Å². The van der Waals surface area contributed by atoms with E-state index in [9.17, 15) is 55.9 Å². The van der Waals surface area contributed by atoms with Gasteiger partial charge in [0.15, 0.2) is 18.9 Å². The minimum Gasteiger partial charge on any atom is -0.458 e. The number of rotatable bonds is 10. The molecule has 0 amide bonds. The van der Waals surface area contributed by atoms with Crippen molar-refractivity contribution in [1.82, 2.24) is 0 Å². The van der Waals surface area contributed by atoms with Gasteiger partial charge in [0.2, 0.25) is 0 Å². The van der Waals surface area contributed by atoms with Crippen LogP contribution in [-0.2, 0) is 42.7 Å². The highest BCUT2D eigenvalue weighted by Crippen LogP contribution is 2.70. The second-order valence-corrected chi connectivity index (χ2v) is 19.5. The van der Waals surface area contributed by atoms with Gasteiger partial charge in [0.1, 0.15) is 73.8 Å². The van der Waals surface area contributed by atoms with Gasteiger partial charge >= 0.3 is 5.97 Å². The fourth-order valence-electron chi connectivity index (χ4n) is 13.1. The van der Waals surface area contributed by atoms with E-state index in [1.807, 2.05) is 0 Å². The van der Waals surface area contributed by atoms with Crippen LogP contribution in [0.15, 0.2) is 11.6 Å². The van der Waals surface area contributed by atoms with E-state index in [2.05, 4.69) is 13.8 Å². The number of esters is 1. The van der Waals surface area contributed by atoms with E-state index in [4.69, 9.17) is 37.9 Å². The maximum atomic E-state index is 12.6. The van der Waals surface area contributed by atoms with Gasteiger partial charge in [-0.1, -0.05) is 13.8 Å². The number of cyclic esters (lactones) is 1. The summed E-state index contributed by atoms with van der Waals surface area (Å²) in [5.74, 6) is -0.235. The van der Waals surface area contributed by atoms with Crippen LogP contribution in [0.2, 0.25) is 0 Å². The molecule has 19 nitrogen and oxygen atoms in total. The Morgan fingerprint density at radius 3 is 2.03 bits per heavy atom. The molecular formula is C42H66O19. The average Bonchev–Trinajstić information content (AvgIpc) is 3.74. The van der Waals surface area contributed by atoms with E-state index in [0.717, 1.165) is 44.1 Å². The number of aliphatic hydroxyl groups excluding tert-OH is 9. The van der Waals surface area contributed by atoms with E-state index >= 15 is 0 Å². The molecule has 8 rings (SSSR count). The predicted molar refractivity (Wildman–Crippen MR) is 204 cm³/mol. The zero-order valence-corrected chi connectivity index (χ0v) is 35.1. The largest absolute Gasteiger partial charge is 0.458 e. The van der Waals surface area contributed by atoms with Crippen molar-refractivity contribution in [3.8, 4) is 0 Å². The SMILES string of the molecule is COC1C(O)C(OC2CCC3(C)C(CCC4C3CCC3(C)C(C5=CC(=O)OC5)C(O)CC43O)C2)OC(C)C1OC1OC(CO)C(OC2OC(CO)C(O)C(O)C2O)C(O)C1O. The van der Waals surface area contributed by atoms with Crippen molar-refractivity contribution < 1.29 is 93.8 Å². The first-order valence-corrected chi connectivity index (χ1v) is 21.9. The molecule has 10 N–H and O–H groups in total. The quantitative estimate of drug-likeness (QED) is 0.0818. The first-order chi connectivity index (χ1) is 28.9. The third-order valence-electron chi connectivity index (χ3n) is 16.5. The molecule has 4 heterocycles. The summed E-state index contributed by atoms with van der Waals surface area (Å²) in [6.07, 6.45) is -15.4. The number of methoxy groups -OCH3 is 1. The van der Waals surface area contributed by atoms with Gasteiger partial charge in [0.25, 0.3) is 0 Å². The third-order valence-corrected chi connectivity index (χ3v) is 16.5. The molecule has 3 saturated heterocycles. The van der Waals surface area contributed by atoms with Gasteiger partial charge in [-0.25, -0.2) is 4.79 Å². The van der Waals surface area contributed by atoms with Gasteiger partial charge < -0.3 is 89.0 Å². The summed E-state index contributed by atoms with van der Waals surface area (Å²) < 4.78 is 46.6. The predicted octanol–water partition coefficient (Wildman–Crippen LogP) is -2.27. The summed E-state index contributed by atoms with van der Waals surface area (Å²) in [6, 6.07) is 0. The van der Waals surface area contributed by atoms with Crippen molar-refractivity contribution in [3.63, 3.8) is 0 Å². The fourth-order valence-corrected chi connectivity index (χ4v) is 13.1. The van der Waals surface area contributed by atoms with E-state index in [0.29, 0.717) is 6.42 Å². The van der Waals surface area contributed by atoms with Crippen LogP contribution in [0.1, 0.15) is 72.1 Å². The van der Waals surface area contributed by atoms with Gasteiger partial charge in [-0.05, 0) is 80.6 Å². The van der Waals surface area contributed by atoms with Crippen LogP contribution in [-0.4, -0.2) is 194 Å². The molecule has 24 unspecified atom stereocenters. The zero-order chi connectivity index (χ0) is 43.9. The molecule has 0 aromatic heterocycles. The smallest absolute Gasteiger partial charge is 0.331 e. The molecule has 0 aromatic carbocycles. The Hall–Kier alpha value is -1.47. The second kappa shape index (κ2) is 17.4. The number of ether oxygens (including phenoxy) is 8. The fraction of sp³-hybridized carbons (Fsp3) is 0.929. The lowest BCUT2D eigenvalue weighted by atomic mass is 9.43. The maximum absolute atomic E-state index is 12.6. The minimum atomic E-state index is -1.81. The molecule has 0 aromatic rings. The highest BCUT2D eigenvalue weighted by atomic mass is 16.8. The van der Waals surface area contributed by atoms with E-state index in [-0.39, 0.29) is 48.2 Å². The Kier molecular flexibility index (Phi) is 13.1. The maximum Gasteiger partial charge on any atom is 0.331 e. The lowest BCUT2D eigenvalue weighted by Gasteiger charge is -2.63. The zero-order valence-electron chi connectivity index (χ0n) is 35.1. The first-order valence-electron chi connectivity index (χ1n) is 21.9. The lowest BCUT2D eigenvalue weighted by molar-refractivity contribution is -0.380. The summed E-state index contributed by atoms with van der Waals surface area (Å²) in [5.41, 5.74) is -0.986. The summed E-state index contributed by atoms with van der Waals surface area (Å²) in [5, 5.41) is 108. The Labute approximate surface area is 354 Å². The minimum absolute atomic E-state index is 0.00622. The Morgan fingerprint density at radius 2 is 1.38 bits per heavy atom. The molecular weight excluding hydrogens is 808 g/mol. The molecule has 0 radical (unpaired) electrons. The summed E-state index contributed by atoms with van der Waals surface area (Å²) >= 11 is 0.